The number of benzene rings is 1. The van der Waals surface area contributed by atoms with Crippen LogP contribution in [0.5, 0.6) is 0 Å². The number of carbonyl (C=O) groups excluding carboxylic acids is 1. The van der Waals surface area contributed by atoms with Crippen molar-refractivity contribution < 1.29 is 4.79 Å². The van der Waals surface area contributed by atoms with Gasteiger partial charge in [-0.2, -0.15) is 0 Å². The van der Waals surface area contributed by atoms with E-state index in [4.69, 9.17) is 0 Å². The van der Waals surface area contributed by atoms with Gasteiger partial charge in [0.15, 0.2) is 5.96 Å². The fourth-order valence-corrected chi connectivity index (χ4v) is 4.01. The molecule has 1 amide bonds. The maximum Gasteiger partial charge on any atom is 0.253 e. The number of likely N-dealkylation sites (tertiary alicyclic amines) is 1. The van der Waals surface area contributed by atoms with Crippen molar-refractivity contribution in [3.63, 3.8) is 0 Å². The van der Waals surface area contributed by atoms with Crippen LogP contribution >= 0.6 is 11.3 Å². The van der Waals surface area contributed by atoms with Crippen molar-refractivity contribution in [2.75, 3.05) is 20.1 Å². The van der Waals surface area contributed by atoms with Crippen molar-refractivity contribution in [2.24, 2.45) is 4.99 Å². The van der Waals surface area contributed by atoms with Gasteiger partial charge in [-0.25, -0.2) is 4.98 Å². The van der Waals surface area contributed by atoms with Crippen molar-refractivity contribution in [3.8, 4) is 0 Å². The molecule has 2 N–H and O–H groups in total. The Morgan fingerprint density at radius 1 is 1.14 bits per heavy atom. The lowest BCUT2D eigenvalue weighted by Gasteiger charge is -2.26. The maximum absolute atomic E-state index is 12.5. The van der Waals surface area contributed by atoms with E-state index in [1.54, 1.807) is 18.4 Å². The molecule has 0 radical (unpaired) electrons. The van der Waals surface area contributed by atoms with Gasteiger partial charge in [0.2, 0.25) is 0 Å². The van der Waals surface area contributed by atoms with E-state index < -0.39 is 0 Å². The summed E-state index contributed by atoms with van der Waals surface area (Å²) in [5.74, 6) is 0.883. The van der Waals surface area contributed by atoms with Gasteiger partial charge in [-0.3, -0.25) is 9.79 Å². The van der Waals surface area contributed by atoms with Gasteiger partial charge in [0.25, 0.3) is 5.91 Å². The van der Waals surface area contributed by atoms with Crippen LogP contribution in [0, 0.1) is 0 Å². The van der Waals surface area contributed by atoms with E-state index in [1.165, 1.54) is 11.3 Å². The molecule has 1 fully saturated rings. The van der Waals surface area contributed by atoms with Crippen molar-refractivity contribution in [1.82, 2.24) is 20.5 Å². The molecule has 1 aliphatic heterocycles. The Morgan fingerprint density at radius 2 is 1.86 bits per heavy atom. The van der Waals surface area contributed by atoms with Crippen LogP contribution in [0.15, 0.2) is 35.5 Å². The van der Waals surface area contributed by atoms with Crippen molar-refractivity contribution in [2.45, 2.75) is 45.7 Å². The summed E-state index contributed by atoms with van der Waals surface area (Å²) in [5.41, 5.74) is 1.88. The molecule has 1 aromatic heterocycles. The highest BCUT2D eigenvalue weighted by molar-refractivity contribution is 7.11. The number of guanidine groups is 1. The number of thiazole rings is 1. The van der Waals surface area contributed by atoms with E-state index >= 15 is 0 Å². The van der Waals surface area contributed by atoms with Crippen LogP contribution in [0.1, 0.15) is 52.0 Å². The summed E-state index contributed by atoms with van der Waals surface area (Å²) in [6.45, 7) is 5.20. The van der Waals surface area contributed by atoms with Gasteiger partial charge in [-0.15, -0.1) is 11.3 Å². The van der Waals surface area contributed by atoms with E-state index in [2.05, 4.69) is 27.5 Å². The lowest BCUT2D eigenvalue weighted by molar-refractivity contribution is 0.0724. The standard InChI is InChI=1S/C21H29N5OS/c1-3-18-14-23-19(28-18)15-25-21(22-2)24-13-16-7-9-17(10-8-16)20(27)26-11-5-4-6-12-26/h7-10,14H,3-6,11-13,15H2,1-2H3,(H2,22,24,25). The van der Waals surface area contributed by atoms with Crippen LogP contribution in [0.25, 0.3) is 0 Å². The highest BCUT2D eigenvalue weighted by Gasteiger charge is 2.17. The number of hydrogen-bond donors (Lipinski definition) is 2. The van der Waals surface area contributed by atoms with E-state index in [0.29, 0.717) is 13.1 Å². The number of carbonyl (C=O) groups is 1. The Balaban J connectivity index is 1.48. The molecule has 28 heavy (non-hydrogen) atoms. The third kappa shape index (κ3) is 5.55. The highest BCUT2D eigenvalue weighted by atomic mass is 32.1. The van der Waals surface area contributed by atoms with Gasteiger partial charge in [-0.1, -0.05) is 19.1 Å². The molecule has 6 nitrogen and oxygen atoms in total. The quantitative estimate of drug-likeness (QED) is 0.578. The minimum Gasteiger partial charge on any atom is -0.352 e. The molecule has 2 aromatic rings. The summed E-state index contributed by atoms with van der Waals surface area (Å²) in [6.07, 6.45) is 6.40. The average Bonchev–Trinajstić information content (AvgIpc) is 3.22. The number of aromatic nitrogens is 1. The normalized spacial score (nSPS) is 14.8. The first kappa shape index (κ1) is 20.3. The van der Waals surface area contributed by atoms with Gasteiger partial charge in [0.05, 0.1) is 6.54 Å². The molecule has 3 rings (SSSR count). The van der Waals surface area contributed by atoms with E-state index in [0.717, 1.165) is 54.4 Å². The van der Waals surface area contributed by atoms with Gasteiger partial charge in [-0.05, 0) is 43.4 Å². The third-order valence-electron chi connectivity index (χ3n) is 4.88. The van der Waals surface area contributed by atoms with Crippen molar-refractivity contribution >= 4 is 23.2 Å². The minimum absolute atomic E-state index is 0.145. The Hall–Kier alpha value is -2.41. The largest absolute Gasteiger partial charge is 0.352 e. The Morgan fingerprint density at radius 3 is 2.50 bits per heavy atom. The van der Waals surface area contributed by atoms with Gasteiger partial charge in [0.1, 0.15) is 5.01 Å². The van der Waals surface area contributed by atoms with Crippen LogP contribution in [0.4, 0.5) is 0 Å². The number of hydrogen-bond acceptors (Lipinski definition) is 4. The molecule has 0 spiro atoms. The molecule has 150 valence electrons. The molecule has 0 aliphatic carbocycles. The third-order valence-corrected chi connectivity index (χ3v) is 6.03. The molecular formula is C21H29N5OS. The zero-order valence-corrected chi connectivity index (χ0v) is 17.5. The molecular weight excluding hydrogens is 370 g/mol. The average molecular weight is 400 g/mol. The van der Waals surface area contributed by atoms with Crippen LogP contribution in [0.3, 0.4) is 0 Å². The van der Waals surface area contributed by atoms with E-state index in [1.807, 2.05) is 35.4 Å². The fraction of sp³-hybridized carbons (Fsp3) is 0.476. The molecule has 0 unspecified atom stereocenters. The summed E-state index contributed by atoms with van der Waals surface area (Å²) in [7, 11) is 1.76. The molecule has 0 bridgehead atoms. The second kappa shape index (κ2) is 10.2. The Kier molecular flexibility index (Phi) is 7.42. The molecule has 1 aliphatic rings. The lowest BCUT2D eigenvalue weighted by atomic mass is 10.1. The number of nitrogens with one attached hydrogen (secondary N) is 2. The number of aliphatic imine (C=N–C) groups is 1. The second-order valence-electron chi connectivity index (χ2n) is 6.90. The molecule has 0 saturated carbocycles. The van der Waals surface area contributed by atoms with Crippen molar-refractivity contribution in [1.29, 1.82) is 0 Å². The molecule has 0 atom stereocenters. The smallest absolute Gasteiger partial charge is 0.253 e. The van der Waals surface area contributed by atoms with Gasteiger partial charge >= 0.3 is 0 Å². The fourth-order valence-electron chi connectivity index (χ4n) is 3.20. The number of piperidine rings is 1. The predicted molar refractivity (Wildman–Crippen MR) is 115 cm³/mol. The molecule has 2 heterocycles. The first-order valence-corrected chi connectivity index (χ1v) is 10.8. The van der Waals surface area contributed by atoms with Crippen LogP contribution in [0.2, 0.25) is 0 Å². The summed E-state index contributed by atoms with van der Waals surface area (Å²) in [6, 6.07) is 7.86. The number of nitrogens with zero attached hydrogens (tertiary/aromatic N) is 3. The second-order valence-corrected chi connectivity index (χ2v) is 8.10. The first-order chi connectivity index (χ1) is 13.7. The maximum atomic E-state index is 12.5. The minimum atomic E-state index is 0.145. The SMILES string of the molecule is CCc1cnc(CNC(=NC)NCc2ccc(C(=O)N3CCCCC3)cc2)s1. The molecule has 1 aromatic carbocycles. The van der Waals surface area contributed by atoms with Crippen molar-refractivity contribution in [3.05, 3.63) is 51.5 Å². The first-order valence-electron chi connectivity index (χ1n) is 9.96. The zero-order valence-electron chi connectivity index (χ0n) is 16.7. The van der Waals surface area contributed by atoms with Gasteiger partial charge < -0.3 is 15.5 Å². The Labute approximate surface area is 171 Å². The molecule has 7 heteroatoms. The van der Waals surface area contributed by atoms with Crippen LogP contribution < -0.4 is 10.6 Å². The number of rotatable bonds is 6. The van der Waals surface area contributed by atoms with E-state index in [-0.39, 0.29) is 5.91 Å². The summed E-state index contributed by atoms with van der Waals surface area (Å²) in [4.78, 5) is 24.5. The highest BCUT2D eigenvalue weighted by Crippen LogP contribution is 2.14. The number of aryl methyl sites for hydroxylation is 1. The number of amides is 1. The topological polar surface area (TPSA) is 69.6 Å². The van der Waals surface area contributed by atoms with Crippen LogP contribution in [-0.2, 0) is 19.5 Å². The van der Waals surface area contributed by atoms with Gasteiger partial charge in [0, 0.05) is 43.3 Å². The molecule has 1 saturated heterocycles. The van der Waals surface area contributed by atoms with Crippen LogP contribution in [-0.4, -0.2) is 41.9 Å². The summed E-state index contributed by atoms with van der Waals surface area (Å²) >= 11 is 1.72. The zero-order chi connectivity index (χ0) is 19.8. The summed E-state index contributed by atoms with van der Waals surface area (Å²) in [5, 5.41) is 7.66. The Bertz CT molecular complexity index is 793. The van der Waals surface area contributed by atoms with E-state index in [9.17, 15) is 4.79 Å². The lowest BCUT2D eigenvalue weighted by Crippen LogP contribution is -2.36. The predicted octanol–water partition coefficient (Wildman–Crippen LogP) is 3.20. The monoisotopic (exact) mass is 399 g/mol. The summed E-state index contributed by atoms with van der Waals surface area (Å²) < 4.78 is 0.